The van der Waals surface area contributed by atoms with Crippen LogP contribution < -0.4 is 11.3 Å². The Kier molecular flexibility index (Phi) is 5.15. The second-order valence-corrected chi connectivity index (χ2v) is 5.48. The third kappa shape index (κ3) is 2.74. The highest BCUT2D eigenvalue weighted by Gasteiger charge is 2.41. The maximum atomic E-state index is 5.89. The summed E-state index contributed by atoms with van der Waals surface area (Å²) in [5.74, 6) is 6.90. The van der Waals surface area contributed by atoms with E-state index in [1.165, 1.54) is 0 Å². The first-order chi connectivity index (χ1) is 9.67. The molecule has 20 heavy (non-hydrogen) atoms. The Bertz CT molecular complexity index is 415. The molecule has 0 spiro atoms. The number of aryl methyl sites for hydroxylation is 1. The van der Waals surface area contributed by atoms with Gasteiger partial charge in [-0.25, -0.2) is 10.4 Å². The van der Waals surface area contributed by atoms with Crippen LogP contribution in [0.25, 0.3) is 0 Å². The zero-order valence-corrected chi connectivity index (χ0v) is 12.8. The highest BCUT2D eigenvalue weighted by molar-refractivity contribution is 5.09. The summed E-state index contributed by atoms with van der Waals surface area (Å²) in [4.78, 5) is 7.00. The Morgan fingerprint density at radius 1 is 1.45 bits per heavy atom. The summed E-state index contributed by atoms with van der Waals surface area (Å²) in [6.45, 7) is 10.9. The van der Waals surface area contributed by atoms with Crippen LogP contribution in [0.1, 0.15) is 39.1 Å². The lowest BCUT2D eigenvalue weighted by atomic mass is 9.86. The van der Waals surface area contributed by atoms with Crippen LogP contribution in [0.2, 0.25) is 0 Å². The monoisotopic (exact) mass is 281 g/mol. The van der Waals surface area contributed by atoms with E-state index in [4.69, 9.17) is 10.6 Å². The van der Waals surface area contributed by atoms with Crippen LogP contribution in [0.15, 0.2) is 12.4 Å². The summed E-state index contributed by atoms with van der Waals surface area (Å²) in [6.07, 6.45) is 4.85. The maximum Gasteiger partial charge on any atom is 0.129 e. The van der Waals surface area contributed by atoms with E-state index in [0.29, 0.717) is 0 Å². The van der Waals surface area contributed by atoms with Crippen LogP contribution in [0, 0.1) is 0 Å². The molecule has 1 aliphatic rings. The minimum absolute atomic E-state index is 0.000509. The number of hydrogen-bond acceptors (Lipinski definition) is 5. The van der Waals surface area contributed by atoms with Gasteiger partial charge in [0.25, 0.3) is 0 Å². The van der Waals surface area contributed by atoms with Crippen molar-refractivity contribution in [2.24, 2.45) is 5.84 Å². The molecule has 0 bridgehead atoms. The Hall–Kier alpha value is -0.950. The number of rotatable bonds is 6. The standard InChI is InChI=1S/C14H27N5O/c1-4-14(3,19-8-10-20-11-9-19)12(17-15)13-16-6-7-18(13)5-2/h6-7,12,17H,4-5,8-11,15H2,1-3H3. The summed E-state index contributed by atoms with van der Waals surface area (Å²) in [7, 11) is 0. The Morgan fingerprint density at radius 3 is 2.70 bits per heavy atom. The number of aromatic nitrogens is 2. The van der Waals surface area contributed by atoms with Crippen LogP contribution in [-0.4, -0.2) is 46.3 Å². The zero-order valence-electron chi connectivity index (χ0n) is 12.8. The molecule has 6 nitrogen and oxygen atoms in total. The first-order valence-corrected chi connectivity index (χ1v) is 7.47. The molecule has 1 aromatic rings. The van der Waals surface area contributed by atoms with Gasteiger partial charge in [-0.15, -0.1) is 0 Å². The summed E-state index contributed by atoms with van der Waals surface area (Å²) in [5.41, 5.74) is 2.93. The number of hydrogen-bond donors (Lipinski definition) is 2. The molecule has 1 saturated heterocycles. The van der Waals surface area contributed by atoms with Crippen molar-refractivity contribution >= 4 is 0 Å². The summed E-state index contributed by atoms with van der Waals surface area (Å²) in [5, 5.41) is 0. The molecule has 6 heteroatoms. The van der Waals surface area contributed by atoms with Crippen molar-refractivity contribution in [3.05, 3.63) is 18.2 Å². The van der Waals surface area contributed by atoms with Crippen molar-refractivity contribution in [2.75, 3.05) is 26.3 Å². The molecule has 1 fully saturated rings. The van der Waals surface area contributed by atoms with Gasteiger partial charge in [0, 0.05) is 37.6 Å². The van der Waals surface area contributed by atoms with Gasteiger partial charge in [-0.05, 0) is 20.3 Å². The highest BCUT2D eigenvalue weighted by Crippen LogP contribution is 2.33. The number of hydrazine groups is 1. The maximum absolute atomic E-state index is 5.89. The van der Waals surface area contributed by atoms with Crippen molar-refractivity contribution in [1.82, 2.24) is 19.9 Å². The molecule has 0 aromatic carbocycles. The van der Waals surface area contributed by atoms with Crippen molar-refractivity contribution in [2.45, 2.75) is 45.3 Å². The van der Waals surface area contributed by atoms with Gasteiger partial charge in [0.15, 0.2) is 0 Å². The third-order valence-electron chi connectivity index (χ3n) is 4.58. The van der Waals surface area contributed by atoms with Gasteiger partial charge >= 0.3 is 0 Å². The van der Waals surface area contributed by atoms with Crippen LogP contribution in [-0.2, 0) is 11.3 Å². The van der Waals surface area contributed by atoms with Crippen LogP contribution in [0.5, 0.6) is 0 Å². The van der Waals surface area contributed by atoms with E-state index in [-0.39, 0.29) is 11.6 Å². The lowest BCUT2D eigenvalue weighted by Gasteiger charge is -2.47. The number of imidazole rings is 1. The first kappa shape index (κ1) is 15.4. The van der Waals surface area contributed by atoms with Crippen molar-refractivity contribution in [3.63, 3.8) is 0 Å². The van der Waals surface area contributed by atoms with Crippen LogP contribution in [0.3, 0.4) is 0 Å². The summed E-state index contributed by atoms with van der Waals surface area (Å²) in [6, 6.07) is 0.000509. The molecule has 3 N–H and O–H groups in total. The van der Waals surface area contributed by atoms with Gasteiger partial charge in [-0.2, -0.15) is 0 Å². The molecular formula is C14H27N5O. The number of ether oxygens (including phenoxy) is 1. The van der Waals surface area contributed by atoms with Crippen molar-refractivity contribution in [1.29, 1.82) is 0 Å². The molecule has 0 radical (unpaired) electrons. The largest absolute Gasteiger partial charge is 0.379 e. The predicted molar refractivity (Wildman–Crippen MR) is 79.1 cm³/mol. The minimum atomic E-state index is -0.0726. The van der Waals surface area contributed by atoms with Crippen molar-refractivity contribution < 1.29 is 4.74 Å². The van der Waals surface area contributed by atoms with E-state index >= 15 is 0 Å². The van der Waals surface area contributed by atoms with Gasteiger partial charge in [0.1, 0.15) is 5.82 Å². The molecule has 2 unspecified atom stereocenters. The molecule has 1 aromatic heterocycles. The molecule has 2 rings (SSSR count). The molecule has 0 saturated carbocycles. The Balaban J connectivity index is 2.30. The average Bonchev–Trinajstić information content (AvgIpc) is 2.97. The Morgan fingerprint density at radius 2 is 2.15 bits per heavy atom. The number of morpholine rings is 1. The normalized spacial score (nSPS) is 21.6. The lowest BCUT2D eigenvalue weighted by Crippen LogP contribution is -2.59. The van der Waals surface area contributed by atoms with Gasteiger partial charge in [-0.1, -0.05) is 6.92 Å². The van der Waals surface area contributed by atoms with E-state index in [1.807, 2.05) is 12.4 Å². The minimum Gasteiger partial charge on any atom is -0.379 e. The smallest absolute Gasteiger partial charge is 0.129 e. The average molecular weight is 281 g/mol. The fourth-order valence-electron chi connectivity index (χ4n) is 3.07. The quantitative estimate of drug-likeness (QED) is 0.599. The molecule has 114 valence electrons. The molecule has 2 heterocycles. The highest BCUT2D eigenvalue weighted by atomic mass is 16.5. The molecule has 0 amide bonds. The lowest BCUT2D eigenvalue weighted by molar-refractivity contribution is -0.0345. The molecular weight excluding hydrogens is 254 g/mol. The number of nitrogens with one attached hydrogen (secondary N) is 1. The van der Waals surface area contributed by atoms with Crippen LogP contribution >= 0.6 is 0 Å². The van der Waals surface area contributed by atoms with Crippen LogP contribution in [0.4, 0.5) is 0 Å². The van der Waals surface area contributed by atoms with E-state index < -0.39 is 0 Å². The van der Waals surface area contributed by atoms with Gasteiger partial charge in [0.05, 0.1) is 19.3 Å². The third-order valence-corrected chi connectivity index (χ3v) is 4.58. The second-order valence-electron chi connectivity index (χ2n) is 5.48. The topological polar surface area (TPSA) is 68.3 Å². The van der Waals surface area contributed by atoms with Gasteiger partial charge in [-0.3, -0.25) is 10.7 Å². The zero-order chi connectivity index (χ0) is 14.6. The van der Waals surface area contributed by atoms with Crippen molar-refractivity contribution in [3.8, 4) is 0 Å². The van der Waals surface area contributed by atoms with E-state index in [1.54, 1.807) is 0 Å². The summed E-state index contributed by atoms with van der Waals surface area (Å²) < 4.78 is 7.63. The van der Waals surface area contributed by atoms with Gasteiger partial charge < -0.3 is 9.30 Å². The van der Waals surface area contributed by atoms with Gasteiger partial charge in [0.2, 0.25) is 0 Å². The van der Waals surface area contributed by atoms with E-state index in [0.717, 1.165) is 45.1 Å². The second kappa shape index (κ2) is 6.67. The number of nitrogens with two attached hydrogens (primary N) is 1. The first-order valence-electron chi connectivity index (χ1n) is 7.47. The molecule has 1 aliphatic heterocycles. The predicted octanol–water partition coefficient (Wildman–Crippen LogP) is 0.908. The number of nitrogens with zero attached hydrogens (tertiary/aromatic N) is 3. The molecule has 2 atom stereocenters. The fourth-order valence-corrected chi connectivity index (χ4v) is 3.07. The fraction of sp³-hybridized carbons (Fsp3) is 0.786. The molecule has 0 aliphatic carbocycles. The van der Waals surface area contributed by atoms with E-state index in [9.17, 15) is 0 Å². The summed E-state index contributed by atoms with van der Waals surface area (Å²) >= 11 is 0. The van der Waals surface area contributed by atoms with E-state index in [2.05, 4.69) is 40.6 Å². The Labute approximate surface area is 121 Å². The SMILES string of the molecule is CCn1ccnc1C(NN)C(C)(CC)N1CCOCC1.